The Morgan fingerprint density at radius 1 is 1.56 bits per heavy atom. The normalized spacial score (nSPS) is 25.1. The minimum Gasteiger partial charge on any atom is -0.459 e. The summed E-state index contributed by atoms with van der Waals surface area (Å²) < 4.78 is 5.20. The Morgan fingerprint density at radius 3 is 3.06 bits per heavy atom. The molecule has 100 valence electrons. The van der Waals surface area contributed by atoms with Gasteiger partial charge in [-0.25, -0.2) is 5.84 Å². The Morgan fingerprint density at radius 2 is 2.33 bits per heavy atom. The van der Waals surface area contributed by atoms with Crippen molar-refractivity contribution >= 4 is 5.91 Å². The second-order valence-electron chi connectivity index (χ2n) is 5.21. The van der Waals surface area contributed by atoms with E-state index in [9.17, 15) is 4.79 Å². The van der Waals surface area contributed by atoms with Crippen LogP contribution in [0.4, 0.5) is 0 Å². The van der Waals surface area contributed by atoms with Gasteiger partial charge in [0.2, 0.25) is 0 Å². The fraction of sp³-hybridized carbons (Fsp3) is 0.615. The number of piperidine rings is 1. The molecule has 1 aromatic heterocycles. The Labute approximate surface area is 107 Å². The first-order chi connectivity index (χ1) is 8.61. The molecule has 1 fully saturated rings. The van der Waals surface area contributed by atoms with Crippen LogP contribution < -0.4 is 11.3 Å². The first kappa shape index (κ1) is 13.1. The molecule has 0 bridgehead atoms. The highest BCUT2D eigenvalue weighted by molar-refractivity contribution is 5.92. The van der Waals surface area contributed by atoms with Crippen molar-refractivity contribution in [2.75, 3.05) is 6.54 Å². The summed E-state index contributed by atoms with van der Waals surface area (Å²) in [4.78, 5) is 13.9. The number of nitrogen functional groups attached to an aromatic ring is 1. The number of hydrogen-bond donors (Lipinski definition) is 2. The number of amides is 1. The summed E-state index contributed by atoms with van der Waals surface area (Å²) in [6.45, 7) is 6.30. The monoisotopic (exact) mass is 251 g/mol. The maximum absolute atomic E-state index is 11.5. The van der Waals surface area contributed by atoms with Gasteiger partial charge in [0.1, 0.15) is 0 Å². The van der Waals surface area contributed by atoms with Gasteiger partial charge in [-0.1, -0.05) is 6.92 Å². The molecule has 1 aliphatic rings. The lowest BCUT2D eigenvalue weighted by Crippen LogP contribution is -2.40. The predicted molar refractivity (Wildman–Crippen MR) is 68.6 cm³/mol. The minimum absolute atomic E-state index is 0.322. The molecule has 2 rings (SSSR count). The summed E-state index contributed by atoms with van der Waals surface area (Å²) in [7, 11) is 0. The van der Waals surface area contributed by atoms with Crippen molar-refractivity contribution in [2.45, 2.75) is 39.3 Å². The maximum Gasteiger partial charge on any atom is 0.301 e. The van der Waals surface area contributed by atoms with Crippen molar-refractivity contribution in [1.82, 2.24) is 10.3 Å². The fourth-order valence-corrected chi connectivity index (χ4v) is 2.54. The van der Waals surface area contributed by atoms with Crippen molar-refractivity contribution in [3.8, 4) is 0 Å². The Kier molecular flexibility index (Phi) is 4.04. The average Bonchev–Trinajstić information content (AvgIpc) is 2.81. The standard InChI is InChI=1S/C13H21N3O2/c1-9-3-4-10(2)16(7-9)8-11-5-6-18-12(11)13(17)15-14/h5-6,9-10H,3-4,7-8,14H2,1-2H3,(H,15,17). The molecule has 0 saturated carbocycles. The second-order valence-corrected chi connectivity index (χ2v) is 5.21. The van der Waals surface area contributed by atoms with Crippen LogP contribution in [-0.2, 0) is 6.54 Å². The minimum atomic E-state index is -0.368. The smallest absolute Gasteiger partial charge is 0.301 e. The maximum atomic E-state index is 11.5. The van der Waals surface area contributed by atoms with Crippen molar-refractivity contribution in [2.24, 2.45) is 11.8 Å². The number of rotatable bonds is 3. The average molecular weight is 251 g/mol. The SMILES string of the molecule is CC1CCC(C)N(Cc2ccoc2C(=O)NN)C1. The van der Waals surface area contributed by atoms with Gasteiger partial charge in [-0.15, -0.1) is 0 Å². The third kappa shape index (κ3) is 2.73. The molecule has 1 amide bonds. The van der Waals surface area contributed by atoms with Crippen LogP contribution in [0.15, 0.2) is 16.7 Å². The first-order valence-corrected chi connectivity index (χ1v) is 6.43. The van der Waals surface area contributed by atoms with Crippen LogP contribution in [0, 0.1) is 5.92 Å². The van der Waals surface area contributed by atoms with E-state index >= 15 is 0 Å². The molecule has 1 aromatic rings. The summed E-state index contributed by atoms with van der Waals surface area (Å²) >= 11 is 0. The largest absolute Gasteiger partial charge is 0.459 e. The van der Waals surface area contributed by atoms with E-state index in [4.69, 9.17) is 10.3 Å². The molecule has 2 unspecified atom stereocenters. The molecular formula is C13H21N3O2. The third-order valence-electron chi connectivity index (χ3n) is 3.70. The molecule has 1 saturated heterocycles. The zero-order valence-corrected chi connectivity index (χ0v) is 11.0. The Bertz CT molecular complexity index is 416. The van der Waals surface area contributed by atoms with E-state index in [2.05, 4.69) is 24.2 Å². The molecule has 0 radical (unpaired) electrons. The van der Waals surface area contributed by atoms with Crippen LogP contribution in [0.25, 0.3) is 0 Å². The van der Waals surface area contributed by atoms with Crippen LogP contribution in [0.3, 0.4) is 0 Å². The van der Waals surface area contributed by atoms with E-state index in [-0.39, 0.29) is 5.91 Å². The Hall–Kier alpha value is -1.33. The van der Waals surface area contributed by atoms with E-state index < -0.39 is 0 Å². The highest BCUT2D eigenvalue weighted by atomic mass is 16.3. The van der Waals surface area contributed by atoms with E-state index in [1.165, 1.54) is 19.1 Å². The zero-order chi connectivity index (χ0) is 13.1. The molecule has 0 spiro atoms. The van der Waals surface area contributed by atoms with Gasteiger partial charge in [0.25, 0.3) is 0 Å². The number of nitrogens with one attached hydrogen (secondary N) is 1. The van der Waals surface area contributed by atoms with Gasteiger partial charge in [0, 0.05) is 24.7 Å². The summed E-state index contributed by atoms with van der Waals surface area (Å²) in [5.74, 6) is 5.80. The van der Waals surface area contributed by atoms with Gasteiger partial charge in [-0.2, -0.15) is 0 Å². The number of carbonyl (C=O) groups is 1. The predicted octanol–water partition coefficient (Wildman–Crippen LogP) is 1.50. The van der Waals surface area contributed by atoms with E-state index in [1.54, 1.807) is 0 Å². The highest BCUT2D eigenvalue weighted by Gasteiger charge is 2.25. The van der Waals surface area contributed by atoms with E-state index in [0.717, 1.165) is 18.7 Å². The number of furan rings is 1. The number of hydrazine groups is 1. The quantitative estimate of drug-likeness (QED) is 0.485. The molecule has 5 nitrogen and oxygen atoms in total. The number of nitrogens with zero attached hydrogens (tertiary/aromatic N) is 1. The number of likely N-dealkylation sites (tertiary alicyclic amines) is 1. The van der Waals surface area contributed by atoms with Gasteiger partial charge in [-0.05, 0) is 31.7 Å². The van der Waals surface area contributed by atoms with Crippen molar-refractivity contribution in [3.05, 3.63) is 23.7 Å². The highest BCUT2D eigenvalue weighted by Crippen LogP contribution is 2.24. The third-order valence-corrected chi connectivity index (χ3v) is 3.70. The first-order valence-electron chi connectivity index (χ1n) is 6.43. The van der Waals surface area contributed by atoms with E-state index in [1.807, 2.05) is 6.07 Å². The molecule has 2 heterocycles. The molecule has 3 N–H and O–H groups in total. The lowest BCUT2D eigenvalue weighted by atomic mass is 9.94. The molecule has 0 aromatic carbocycles. The molecule has 18 heavy (non-hydrogen) atoms. The molecule has 1 aliphatic heterocycles. The van der Waals surface area contributed by atoms with Crippen molar-refractivity contribution in [1.29, 1.82) is 0 Å². The molecular weight excluding hydrogens is 230 g/mol. The number of nitrogens with two attached hydrogens (primary N) is 1. The summed E-state index contributed by atoms with van der Waals surface area (Å²) in [6, 6.07) is 2.39. The van der Waals surface area contributed by atoms with Gasteiger partial charge >= 0.3 is 5.91 Å². The summed E-state index contributed by atoms with van der Waals surface area (Å²) in [5, 5.41) is 0. The van der Waals surface area contributed by atoms with Crippen LogP contribution in [0.1, 0.15) is 42.8 Å². The molecule has 0 aliphatic carbocycles. The van der Waals surface area contributed by atoms with Crippen molar-refractivity contribution < 1.29 is 9.21 Å². The van der Waals surface area contributed by atoms with Crippen LogP contribution in [0.5, 0.6) is 0 Å². The fourth-order valence-electron chi connectivity index (χ4n) is 2.54. The van der Waals surface area contributed by atoms with E-state index in [0.29, 0.717) is 17.7 Å². The van der Waals surface area contributed by atoms with Crippen LogP contribution in [-0.4, -0.2) is 23.4 Å². The lowest BCUT2D eigenvalue weighted by molar-refractivity contribution is 0.0914. The summed E-state index contributed by atoms with van der Waals surface area (Å²) in [6.07, 6.45) is 4.02. The van der Waals surface area contributed by atoms with Crippen molar-refractivity contribution in [3.63, 3.8) is 0 Å². The van der Waals surface area contributed by atoms with Gasteiger partial charge in [-0.3, -0.25) is 15.1 Å². The van der Waals surface area contributed by atoms with Crippen LogP contribution >= 0.6 is 0 Å². The Balaban J connectivity index is 2.09. The van der Waals surface area contributed by atoms with Gasteiger partial charge in [0.05, 0.1) is 6.26 Å². The van der Waals surface area contributed by atoms with Gasteiger partial charge < -0.3 is 4.42 Å². The lowest BCUT2D eigenvalue weighted by Gasteiger charge is -2.36. The molecule has 5 heteroatoms. The molecule has 2 atom stereocenters. The zero-order valence-electron chi connectivity index (χ0n) is 11.0. The number of carbonyl (C=O) groups excluding carboxylic acids is 1. The number of hydrogen-bond acceptors (Lipinski definition) is 4. The van der Waals surface area contributed by atoms with Gasteiger partial charge in [0.15, 0.2) is 5.76 Å². The summed E-state index contributed by atoms with van der Waals surface area (Å²) in [5.41, 5.74) is 3.02. The topological polar surface area (TPSA) is 71.5 Å². The second kappa shape index (κ2) is 5.54. The van der Waals surface area contributed by atoms with Crippen LogP contribution in [0.2, 0.25) is 0 Å².